The van der Waals surface area contributed by atoms with Gasteiger partial charge in [-0.1, -0.05) is 48.5 Å². The van der Waals surface area contributed by atoms with Crippen LogP contribution in [0.3, 0.4) is 0 Å². The summed E-state index contributed by atoms with van der Waals surface area (Å²) in [4.78, 5) is 18.0. The number of ether oxygens (including phenoxy) is 2. The van der Waals surface area contributed by atoms with Crippen LogP contribution in [0.25, 0.3) is 22.3 Å². The van der Waals surface area contributed by atoms with Crippen LogP contribution in [0.15, 0.2) is 107 Å². The molecule has 1 heterocycles. The van der Waals surface area contributed by atoms with Crippen molar-refractivity contribution in [2.24, 2.45) is 5.10 Å². The van der Waals surface area contributed by atoms with Gasteiger partial charge in [-0.3, -0.25) is 4.79 Å². The monoisotopic (exact) mass is 587 g/mol. The maximum atomic E-state index is 14.2. The quantitative estimate of drug-likeness (QED) is 0.102. The summed E-state index contributed by atoms with van der Waals surface area (Å²) in [6, 6.07) is 20.7. The molecule has 0 aliphatic heterocycles. The van der Waals surface area contributed by atoms with E-state index in [9.17, 15) is 22.4 Å². The number of para-hydroxylation sites is 1. The third kappa shape index (κ3) is 6.33. The Kier molecular flexibility index (Phi) is 8.38. The number of benzene rings is 4. The summed E-state index contributed by atoms with van der Waals surface area (Å²) in [5.41, 5.74) is 0.473. The molecular weight excluding hydrogens is 562 g/mol. The zero-order chi connectivity index (χ0) is 30.6. The number of aromatic nitrogens is 2. The maximum Gasteiger partial charge on any atom is 0.416 e. The third-order valence-corrected chi connectivity index (χ3v) is 6.59. The van der Waals surface area contributed by atoms with Gasteiger partial charge in [0, 0.05) is 16.7 Å². The zero-order valence-corrected chi connectivity index (χ0v) is 22.9. The van der Waals surface area contributed by atoms with Crippen LogP contribution in [-0.2, 0) is 19.2 Å². The normalized spacial score (nSPS) is 11.7. The van der Waals surface area contributed by atoms with Crippen molar-refractivity contribution < 1.29 is 27.0 Å². The molecule has 4 aromatic carbocycles. The van der Waals surface area contributed by atoms with Gasteiger partial charge in [0.15, 0.2) is 17.3 Å². The molecule has 0 aliphatic rings. The average Bonchev–Trinajstić information content (AvgIpc) is 3.00. The van der Waals surface area contributed by atoms with E-state index in [0.29, 0.717) is 40.1 Å². The van der Waals surface area contributed by atoms with Crippen LogP contribution in [0.1, 0.15) is 22.3 Å². The first-order valence-corrected chi connectivity index (χ1v) is 13.1. The van der Waals surface area contributed by atoms with Crippen LogP contribution in [0.4, 0.5) is 17.6 Å². The van der Waals surface area contributed by atoms with Crippen molar-refractivity contribution in [1.82, 2.24) is 9.66 Å². The van der Waals surface area contributed by atoms with Gasteiger partial charge in [-0.25, -0.2) is 9.37 Å². The fourth-order valence-electron chi connectivity index (χ4n) is 4.52. The molecule has 1 aromatic heterocycles. The largest absolute Gasteiger partial charge is 0.493 e. The molecule has 43 heavy (non-hydrogen) atoms. The van der Waals surface area contributed by atoms with E-state index >= 15 is 0 Å². The van der Waals surface area contributed by atoms with Crippen molar-refractivity contribution in [3.05, 3.63) is 136 Å². The Labute approximate surface area is 244 Å². The predicted molar refractivity (Wildman–Crippen MR) is 157 cm³/mol. The number of fused-ring (bicyclic) bond motifs is 1. The second kappa shape index (κ2) is 12.3. The zero-order valence-electron chi connectivity index (χ0n) is 22.9. The maximum absolute atomic E-state index is 14.2. The average molecular weight is 588 g/mol. The minimum atomic E-state index is -4.59. The van der Waals surface area contributed by atoms with E-state index in [0.717, 1.165) is 16.8 Å². The van der Waals surface area contributed by atoms with E-state index in [1.807, 2.05) is 0 Å². The highest BCUT2D eigenvalue weighted by molar-refractivity contribution is 5.83. The van der Waals surface area contributed by atoms with E-state index in [4.69, 9.17) is 9.47 Å². The highest BCUT2D eigenvalue weighted by Gasteiger charge is 2.31. The van der Waals surface area contributed by atoms with Crippen LogP contribution in [0.2, 0.25) is 0 Å². The topological polar surface area (TPSA) is 65.7 Å². The lowest BCUT2D eigenvalue weighted by atomic mass is 10.1. The third-order valence-electron chi connectivity index (χ3n) is 6.59. The standard InChI is InChI=1S/C33H25F4N3O3/c1-3-9-22-16-21(17-29(42-2)30(22)43-20-24-10-4-6-14-27(24)34)19-38-40-31(23-11-8-12-25(18-23)33(35,36)37)39-28-15-7-5-13-26(28)32(40)41/h3-8,10-19H,1,9,20H2,2H3. The van der Waals surface area contributed by atoms with Crippen molar-refractivity contribution in [3.8, 4) is 22.9 Å². The molecular formula is C33H25F4N3O3. The van der Waals surface area contributed by atoms with Gasteiger partial charge in [0.2, 0.25) is 0 Å². The van der Waals surface area contributed by atoms with Crippen LogP contribution >= 0.6 is 0 Å². The highest BCUT2D eigenvalue weighted by atomic mass is 19.4. The van der Waals surface area contributed by atoms with Crippen molar-refractivity contribution in [2.45, 2.75) is 19.2 Å². The number of nitrogens with zero attached hydrogens (tertiary/aromatic N) is 3. The molecule has 6 nitrogen and oxygen atoms in total. The van der Waals surface area contributed by atoms with Gasteiger partial charge in [-0.15, -0.1) is 6.58 Å². The van der Waals surface area contributed by atoms with E-state index in [2.05, 4.69) is 16.7 Å². The summed E-state index contributed by atoms with van der Waals surface area (Å²) >= 11 is 0. The van der Waals surface area contributed by atoms with Crippen LogP contribution < -0.4 is 15.0 Å². The van der Waals surface area contributed by atoms with Crippen LogP contribution in [0, 0.1) is 5.82 Å². The van der Waals surface area contributed by atoms with E-state index in [1.165, 1.54) is 31.5 Å². The SMILES string of the molecule is C=CCc1cc(C=Nn2c(-c3cccc(C(F)(F)F)c3)nc3ccccc3c2=O)cc(OC)c1OCc1ccccc1F. The first kappa shape index (κ1) is 29.2. The number of alkyl halides is 3. The van der Waals surface area contributed by atoms with Crippen molar-refractivity contribution >= 4 is 17.1 Å². The lowest BCUT2D eigenvalue weighted by molar-refractivity contribution is -0.137. The Morgan fingerprint density at radius 3 is 2.49 bits per heavy atom. The second-order valence-electron chi connectivity index (χ2n) is 9.48. The summed E-state index contributed by atoms with van der Waals surface area (Å²) in [7, 11) is 1.45. The molecule has 0 bridgehead atoms. The highest BCUT2D eigenvalue weighted by Crippen LogP contribution is 2.35. The molecule has 0 amide bonds. The van der Waals surface area contributed by atoms with E-state index in [1.54, 1.807) is 60.7 Å². The fourth-order valence-corrected chi connectivity index (χ4v) is 4.52. The van der Waals surface area contributed by atoms with Gasteiger partial charge in [-0.2, -0.15) is 22.9 Å². The summed E-state index contributed by atoms with van der Waals surface area (Å²) in [6.07, 6.45) is -1.17. The molecule has 0 saturated carbocycles. The molecule has 0 atom stereocenters. The van der Waals surface area contributed by atoms with Gasteiger partial charge in [0.1, 0.15) is 12.4 Å². The molecule has 0 saturated heterocycles. The molecule has 218 valence electrons. The fraction of sp³-hybridized carbons (Fsp3) is 0.121. The molecule has 10 heteroatoms. The Morgan fingerprint density at radius 1 is 0.977 bits per heavy atom. The number of hydrogen-bond donors (Lipinski definition) is 0. The number of allylic oxidation sites excluding steroid dienone is 1. The molecule has 0 N–H and O–H groups in total. The van der Waals surface area contributed by atoms with Crippen molar-refractivity contribution in [1.29, 1.82) is 0 Å². The minimum absolute atomic E-state index is 0.0425. The Morgan fingerprint density at radius 2 is 1.74 bits per heavy atom. The lowest BCUT2D eigenvalue weighted by Gasteiger charge is -2.16. The molecule has 0 radical (unpaired) electrons. The first-order valence-electron chi connectivity index (χ1n) is 13.1. The molecule has 0 fully saturated rings. The van der Waals surface area contributed by atoms with Gasteiger partial charge in [0.25, 0.3) is 5.56 Å². The van der Waals surface area contributed by atoms with Gasteiger partial charge in [-0.05, 0) is 54.4 Å². The second-order valence-corrected chi connectivity index (χ2v) is 9.48. The Balaban J connectivity index is 1.59. The Bertz CT molecular complexity index is 1900. The first-order chi connectivity index (χ1) is 20.7. The number of hydrogen-bond acceptors (Lipinski definition) is 5. The molecule has 5 aromatic rings. The van der Waals surface area contributed by atoms with Crippen molar-refractivity contribution in [3.63, 3.8) is 0 Å². The number of methoxy groups -OCH3 is 1. The van der Waals surface area contributed by atoms with Gasteiger partial charge < -0.3 is 9.47 Å². The van der Waals surface area contributed by atoms with E-state index in [-0.39, 0.29) is 23.4 Å². The minimum Gasteiger partial charge on any atom is -0.493 e. The summed E-state index contributed by atoms with van der Waals surface area (Å²) < 4.78 is 67.2. The lowest BCUT2D eigenvalue weighted by Crippen LogP contribution is -2.20. The van der Waals surface area contributed by atoms with Gasteiger partial charge in [0.05, 0.1) is 29.8 Å². The predicted octanol–water partition coefficient (Wildman–Crippen LogP) is 7.42. The van der Waals surface area contributed by atoms with Crippen LogP contribution in [0.5, 0.6) is 11.5 Å². The number of rotatable bonds is 9. The molecule has 0 aliphatic carbocycles. The molecule has 0 unspecified atom stereocenters. The van der Waals surface area contributed by atoms with Crippen molar-refractivity contribution in [2.75, 3.05) is 7.11 Å². The molecule has 5 rings (SSSR count). The molecule has 0 spiro atoms. The summed E-state index contributed by atoms with van der Waals surface area (Å²) in [5.74, 6) is 0.256. The summed E-state index contributed by atoms with van der Waals surface area (Å²) in [6.45, 7) is 3.75. The number of halogens is 4. The van der Waals surface area contributed by atoms with Gasteiger partial charge >= 0.3 is 6.18 Å². The smallest absolute Gasteiger partial charge is 0.416 e. The van der Waals surface area contributed by atoms with Crippen LogP contribution in [-0.4, -0.2) is 23.0 Å². The Hall–Kier alpha value is -5.25. The van der Waals surface area contributed by atoms with E-state index < -0.39 is 23.1 Å². The summed E-state index contributed by atoms with van der Waals surface area (Å²) in [5, 5.41) is 4.62.